The van der Waals surface area contributed by atoms with E-state index < -0.39 is 31.3 Å². The highest BCUT2D eigenvalue weighted by Gasteiger charge is 2.25. The van der Waals surface area contributed by atoms with Gasteiger partial charge >= 0.3 is 0 Å². The Morgan fingerprint density at radius 3 is 2.62 bits per heavy atom. The molecule has 0 saturated carbocycles. The Balaban J connectivity index is 3.58. The fourth-order valence-corrected chi connectivity index (χ4v) is 1.77. The first-order chi connectivity index (χ1) is 7.38. The molecule has 0 unspecified atom stereocenters. The molecule has 0 amide bonds. The lowest BCUT2D eigenvalue weighted by Gasteiger charge is -1.99. The third kappa shape index (κ3) is 2.24. The maximum absolute atomic E-state index is 12.7. The Hall–Kier alpha value is -2.19. The summed E-state index contributed by atoms with van der Waals surface area (Å²) >= 11 is 0. The van der Waals surface area contributed by atoms with E-state index in [4.69, 9.17) is 5.53 Å². The van der Waals surface area contributed by atoms with Gasteiger partial charge in [0.2, 0.25) is 0 Å². The summed E-state index contributed by atoms with van der Waals surface area (Å²) in [6, 6.07) is 1.81. The molecule has 0 atom stereocenters. The predicted molar refractivity (Wildman–Crippen MR) is 49.4 cm³/mol. The minimum atomic E-state index is -4.50. The number of sulfonamides is 1. The van der Waals surface area contributed by atoms with Gasteiger partial charge in [0.1, 0.15) is 5.82 Å². The average Bonchev–Trinajstić information content (AvgIpc) is 2.16. The highest BCUT2D eigenvalue weighted by atomic mass is 32.2. The summed E-state index contributed by atoms with van der Waals surface area (Å²) in [5, 5.41) is 10.5. The SMILES string of the molecule is [N-]=[N+]=NS(=O)(=O)c1ccc(F)cc1[N+](=O)[O-]. The summed E-state index contributed by atoms with van der Waals surface area (Å²) in [5.74, 6) is -0.966. The Morgan fingerprint density at radius 1 is 1.50 bits per heavy atom. The molecule has 16 heavy (non-hydrogen) atoms. The van der Waals surface area contributed by atoms with Crippen molar-refractivity contribution in [2.45, 2.75) is 4.90 Å². The van der Waals surface area contributed by atoms with E-state index in [1.54, 1.807) is 0 Å². The van der Waals surface area contributed by atoms with Crippen LogP contribution in [0.25, 0.3) is 10.4 Å². The van der Waals surface area contributed by atoms with Gasteiger partial charge < -0.3 is 0 Å². The van der Waals surface area contributed by atoms with Crippen LogP contribution in [0.15, 0.2) is 27.6 Å². The van der Waals surface area contributed by atoms with Gasteiger partial charge in [-0.3, -0.25) is 10.1 Å². The van der Waals surface area contributed by atoms with Crippen molar-refractivity contribution in [3.8, 4) is 0 Å². The van der Waals surface area contributed by atoms with Crippen LogP contribution in [0.5, 0.6) is 0 Å². The van der Waals surface area contributed by atoms with Gasteiger partial charge in [-0.25, -0.2) is 12.8 Å². The van der Waals surface area contributed by atoms with E-state index in [1.165, 1.54) is 0 Å². The third-order valence-corrected chi connectivity index (χ3v) is 2.73. The molecule has 0 aliphatic carbocycles. The molecule has 0 spiro atoms. The summed E-state index contributed by atoms with van der Waals surface area (Å²) in [6.45, 7) is 0. The zero-order valence-corrected chi connectivity index (χ0v) is 8.26. The molecular weight excluding hydrogens is 243 g/mol. The molecule has 0 aliphatic heterocycles. The highest BCUT2D eigenvalue weighted by molar-refractivity contribution is 7.90. The first kappa shape index (κ1) is 11.9. The predicted octanol–water partition coefficient (Wildman–Crippen LogP) is 1.73. The van der Waals surface area contributed by atoms with Crippen LogP contribution in [0.4, 0.5) is 10.1 Å². The van der Waals surface area contributed by atoms with Crippen molar-refractivity contribution in [1.82, 2.24) is 0 Å². The fraction of sp³-hybridized carbons (Fsp3) is 0. The van der Waals surface area contributed by atoms with Gasteiger partial charge in [0, 0.05) is 9.43 Å². The van der Waals surface area contributed by atoms with E-state index in [9.17, 15) is 22.9 Å². The lowest BCUT2D eigenvalue weighted by atomic mass is 10.3. The smallest absolute Gasteiger partial charge is 0.258 e. The monoisotopic (exact) mass is 246 g/mol. The topological polar surface area (TPSA) is 126 Å². The normalized spacial score (nSPS) is 10.6. The molecule has 1 aromatic rings. The van der Waals surface area contributed by atoms with E-state index in [-0.39, 0.29) is 0 Å². The van der Waals surface area contributed by atoms with Gasteiger partial charge in [-0.15, -0.1) is 0 Å². The van der Waals surface area contributed by atoms with Gasteiger partial charge in [0.25, 0.3) is 15.7 Å². The zero-order chi connectivity index (χ0) is 12.3. The fourth-order valence-electron chi connectivity index (χ4n) is 0.943. The summed E-state index contributed by atoms with van der Waals surface area (Å²) in [6.07, 6.45) is 0. The molecular formula is C6H3FN4O4S. The van der Waals surface area contributed by atoms with Crippen molar-refractivity contribution in [3.05, 3.63) is 44.6 Å². The van der Waals surface area contributed by atoms with Gasteiger partial charge in [-0.05, 0) is 17.7 Å². The van der Waals surface area contributed by atoms with Crippen LogP contribution >= 0.6 is 0 Å². The molecule has 0 bridgehead atoms. The van der Waals surface area contributed by atoms with Crippen molar-refractivity contribution >= 4 is 15.7 Å². The van der Waals surface area contributed by atoms with Crippen molar-refractivity contribution in [2.75, 3.05) is 0 Å². The van der Waals surface area contributed by atoms with Crippen LogP contribution in [0.1, 0.15) is 0 Å². The number of hydrogen-bond donors (Lipinski definition) is 0. The first-order valence-corrected chi connectivity index (χ1v) is 5.08. The number of nitro groups is 1. The average molecular weight is 246 g/mol. The van der Waals surface area contributed by atoms with E-state index in [1.807, 2.05) is 4.91 Å². The molecule has 10 heteroatoms. The zero-order valence-electron chi connectivity index (χ0n) is 7.44. The molecule has 0 N–H and O–H groups in total. The number of rotatable bonds is 3. The second-order valence-electron chi connectivity index (χ2n) is 2.52. The first-order valence-electron chi connectivity index (χ1n) is 3.64. The Kier molecular flexibility index (Phi) is 3.06. The lowest BCUT2D eigenvalue weighted by Crippen LogP contribution is -2.01. The Labute approximate surface area is 88.1 Å². The minimum Gasteiger partial charge on any atom is -0.258 e. The number of nitrogens with zero attached hydrogens (tertiary/aromatic N) is 4. The molecule has 84 valence electrons. The standard InChI is InChI=1S/C6H3FN4O4S/c7-4-1-2-6(5(3-4)11(12)13)16(14,15)10-9-8/h1-3H. The highest BCUT2D eigenvalue weighted by Crippen LogP contribution is 2.25. The summed E-state index contributed by atoms with van der Waals surface area (Å²) in [7, 11) is -4.50. The number of benzene rings is 1. The molecule has 0 aliphatic rings. The molecule has 1 aromatic carbocycles. The number of azide groups is 1. The summed E-state index contributed by atoms with van der Waals surface area (Å²) in [4.78, 5) is 10.6. The van der Waals surface area contributed by atoms with E-state index in [0.717, 1.165) is 0 Å². The number of nitro benzene ring substituents is 1. The summed E-state index contributed by atoms with van der Waals surface area (Å²) in [5.41, 5.74) is 7.00. The van der Waals surface area contributed by atoms with Crippen LogP contribution in [-0.2, 0) is 10.0 Å². The van der Waals surface area contributed by atoms with Crippen LogP contribution in [-0.4, -0.2) is 13.3 Å². The second kappa shape index (κ2) is 4.13. The Morgan fingerprint density at radius 2 is 2.12 bits per heavy atom. The maximum atomic E-state index is 12.7. The van der Waals surface area contributed by atoms with Gasteiger partial charge in [0.05, 0.1) is 11.0 Å². The van der Waals surface area contributed by atoms with E-state index in [0.29, 0.717) is 18.2 Å². The van der Waals surface area contributed by atoms with Crippen molar-refractivity contribution in [3.63, 3.8) is 0 Å². The van der Waals surface area contributed by atoms with Crippen LogP contribution in [0, 0.1) is 15.9 Å². The quantitative estimate of drug-likeness (QED) is 0.264. The lowest BCUT2D eigenvalue weighted by molar-refractivity contribution is -0.388. The van der Waals surface area contributed by atoms with E-state index in [2.05, 4.69) is 4.52 Å². The number of halogens is 1. The molecule has 8 nitrogen and oxygen atoms in total. The molecule has 0 fully saturated rings. The summed E-state index contributed by atoms with van der Waals surface area (Å²) < 4.78 is 37.5. The minimum absolute atomic E-state index is 0.430. The number of hydrogen-bond acceptors (Lipinski definition) is 4. The van der Waals surface area contributed by atoms with Crippen molar-refractivity contribution in [1.29, 1.82) is 0 Å². The van der Waals surface area contributed by atoms with E-state index >= 15 is 0 Å². The maximum Gasteiger partial charge on any atom is 0.291 e. The molecule has 0 saturated heterocycles. The van der Waals surface area contributed by atoms with Crippen LogP contribution in [0.3, 0.4) is 0 Å². The van der Waals surface area contributed by atoms with Gasteiger partial charge in [-0.1, -0.05) is 0 Å². The molecule has 1 rings (SSSR count). The van der Waals surface area contributed by atoms with Gasteiger partial charge in [-0.2, -0.15) is 0 Å². The Bertz CT molecular complexity index is 593. The largest absolute Gasteiger partial charge is 0.291 e. The van der Waals surface area contributed by atoms with Crippen LogP contribution in [0.2, 0.25) is 0 Å². The second-order valence-corrected chi connectivity index (χ2v) is 4.07. The van der Waals surface area contributed by atoms with Crippen molar-refractivity contribution in [2.24, 2.45) is 4.52 Å². The molecule has 0 heterocycles. The molecule has 0 aromatic heterocycles. The van der Waals surface area contributed by atoms with Gasteiger partial charge in [0.15, 0.2) is 4.90 Å². The van der Waals surface area contributed by atoms with Crippen LogP contribution < -0.4 is 0 Å². The third-order valence-electron chi connectivity index (χ3n) is 1.54. The molecule has 0 radical (unpaired) electrons. The van der Waals surface area contributed by atoms with Crippen molar-refractivity contribution < 1.29 is 17.7 Å².